The number of thiophene rings is 1. The molecule has 0 saturated heterocycles. The van der Waals surface area contributed by atoms with Crippen LogP contribution in [0.4, 0.5) is 0 Å². The van der Waals surface area contributed by atoms with Crippen LogP contribution in [0.2, 0.25) is 0 Å². The average Bonchev–Trinajstić information content (AvgIpc) is 2.85. The molecular formula is C11H16N2O4S2. The first-order chi connectivity index (χ1) is 8.95. The molecule has 1 amide bonds. The molecule has 0 bridgehead atoms. The highest BCUT2D eigenvalue weighted by Crippen LogP contribution is 2.27. The summed E-state index contributed by atoms with van der Waals surface area (Å²) in [6.07, 6.45) is -1.75. The number of amides is 1. The predicted octanol–water partition coefficient (Wildman–Crippen LogP) is 0.416. The second-order valence-electron chi connectivity index (χ2n) is 3.82. The van der Waals surface area contributed by atoms with Crippen molar-refractivity contribution in [3.8, 4) is 0 Å². The Morgan fingerprint density at radius 2 is 2.16 bits per heavy atom. The molecule has 2 unspecified atom stereocenters. The number of nitrogens with two attached hydrogens (primary N) is 1. The molecule has 2 atom stereocenters. The Balaban J connectivity index is 2.56. The molecule has 6 nitrogen and oxygen atoms in total. The lowest BCUT2D eigenvalue weighted by molar-refractivity contribution is -0.109. The largest absolute Gasteiger partial charge is 0.390 e. The Kier molecular flexibility index (Phi) is 6.46. The number of aliphatic hydroxyl groups excluding tert-OH is 2. The van der Waals surface area contributed by atoms with Gasteiger partial charge in [0.15, 0.2) is 5.12 Å². The van der Waals surface area contributed by atoms with E-state index >= 15 is 0 Å². The molecule has 106 valence electrons. The van der Waals surface area contributed by atoms with Crippen molar-refractivity contribution in [3.63, 3.8) is 0 Å². The van der Waals surface area contributed by atoms with E-state index in [-0.39, 0.29) is 5.12 Å². The van der Waals surface area contributed by atoms with Crippen LogP contribution in [0.5, 0.6) is 0 Å². The van der Waals surface area contributed by atoms with Gasteiger partial charge in [0.05, 0.1) is 11.0 Å². The first-order valence-corrected chi connectivity index (χ1v) is 7.36. The van der Waals surface area contributed by atoms with Crippen LogP contribution in [0.15, 0.2) is 12.1 Å². The number of carbonyl (C=O) groups excluding carboxylic acids is 2. The summed E-state index contributed by atoms with van der Waals surface area (Å²) < 4.78 is 0. The molecule has 0 fully saturated rings. The molecule has 1 heterocycles. The molecule has 0 radical (unpaired) electrons. The number of hydrogen-bond donors (Lipinski definition) is 4. The number of aliphatic hydroxyl groups is 2. The Hall–Kier alpha value is -0.930. The molecule has 0 aliphatic carbocycles. The van der Waals surface area contributed by atoms with Gasteiger partial charge in [-0.05, 0) is 18.6 Å². The van der Waals surface area contributed by atoms with Gasteiger partial charge >= 0.3 is 0 Å². The van der Waals surface area contributed by atoms with Gasteiger partial charge < -0.3 is 10.2 Å². The Bertz CT molecular complexity index is 450. The number of hydrogen-bond acceptors (Lipinski definition) is 7. The van der Waals surface area contributed by atoms with Crippen molar-refractivity contribution in [1.82, 2.24) is 5.43 Å². The maximum atomic E-state index is 11.3. The first-order valence-electron chi connectivity index (χ1n) is 5.56. The number of carbonyl (C=O) groups is 2. The normalized spacial score (nSPS) is 13.9. The highest BCUT2D eigenvalue weighted by atomic mass is 32.2. The summed E-state index contributed by atoms with van der Waals surface area (Å²) in [5.41, 5.74) is 2.00. The van der Waals surface area contributed by atoms with E-state index in [0.29, 0.717) is 21.9 Å². The van der Waals surface area contributed by atoms with Crippen LogP contribution in [0.1, 0.15) is 34.0 Å². The van der Waals surface area contributed by atoms with Crippen LogP contribution >= 0.6 is 23.1 Å². The van der Waals surface area contributed by atoms with Crippen LogP contribution < -0.4 is 11.3 Å². The molecule has 1 rings (SSSR count). The Morgan fingerprint density at radius 1 is 1.47 bits per heavy atom. The monoisotopic (exact) mass is 304 g/mol. The second kappa shape index (κ2) is 7.61. The number of thioether (sulfide) groups is 1. The maximum absolute atomic E-state index is 11.3. The van der Waals surface area contributed by atoms with Crippen molar-refractivity contribution in [2.24, 2.45) is 5.84 Å². The van der Waals surface area contributed by atoms with Crippen molar-refractivity contribution in [2.75, 3.05) is 5.75 Å². The summed E-state index contributed by atoms with van der Waals surface area (Å²) in [6, 6.07) is 3.10. The van der Waals surface area contributed by atoms with Crippen LogP contribution in [0.25, 0.3) is 0 Å². The average molecular weight is 304 g/mol. The van der Waals surface area contributed by atoms with Gasteiger partial charge in [0.1, 0.15) is 6.10 Å². The van der Waals surface area contributed by atoms with E-state index in [1.165, 1.54) is 13.0 Å². The van der Waals surface area contributed by atoms with Gasteiger partial charge in [-0.2, -0.15) is 0 Å². The predicted molar refractivity (Wildman–Crippen MR) is 74.7 cm³/mol. The van der Waals surface area contributed by atoms with Crippen LogP contribution in [-0.4, -0.2) is 33.1 Å². The molecule has 19 heavy (non-hydrogen) atoms. The third-order valence-electron chi connectivity index (χ3n) is 2.36. The van der Waals surface area contributed by atoms with E-state index < -0.39 is 18.1 Å². The van der Waals surface area contributed by atoms with Crippen LogP contribution in [0, 0.1) is 0 Å². The fourth-order valence-corrected chi connectivity index (χ4v) is 2.98. The highest BCUT2D eigenvalue weighted by molar-refractivity contribution is 8.13. The van der Waals surface area contributed by atoms with E-state index in [2.05, 4.69) is 0 Å². The number of hydrazine groups is 1. The minimum absolute atomic E-state index is 0.0280. The van der Waals surface area contributed by atoms with Crippen LogP contribution in [0.3, 0.4) is 0 Å². The van der Waals surface area contributed by atoms with Crippen molar-refractivity contribution < 1.29 is 19.8 Å². The van der Waals surface area contributed by atoms with Crippen molar-refractivity contribution in [2.45, 2.75) is 25.6 Å². The molecule has 1 aromatic rings. The lowest BCUT2D eigenvalue weighted by Crippen LogP contribution is -2.29. The van der Waals surface area contributed by atoms with Crippen molar-refractivity contribution in [1.29, 1.82) is 0 Å². The zero-order valence-corrected chi connectivity index (χ0v) is 12.0. The van der Waals surface area contributed by atoms with E-state index in [9.17, 15) is 19.8 Å². The molecule has 0 saturated carbocycles. The van der Waals surface area contributed by atoms with Crippen LogP contribution in [-0.2, 0) is 4.79 Å². The first kappa shape index (κ1) is 16.1. The number of nitrogens with one attached hydrogen (secondary N) is 1. The summed E-state index contributed by atoms with van der Waals surface area (Å²) in [6.45, 7) is 1.45. The highest BCUT2D eigenvalue weighted by Gasteiger charge is 2.21. The fraction of sp³-hybridized carbons (Fsp3) is 0.455. The second-order valence-corrected chi connectivity index (χ2v) is 6.20. The summed E-state index contributed by atoms with van der Waals surface area (Å²) in [4.78, 5) is 22.8. The topological polar surface area (TPSA) is 113 Å². The third-order valence-corrected chi connectivity index (χ3v) is 4.36. The Morgan fingerprint density at radius 3 is 2.74 bits per heavy atom. The lowest BCUT2D eigenvalue weighted by atomic mass is 10.1. The van der Waals surface area contributed by atoms with Gasteiger partial charge in [-0.15, -0.1) is 11.3 Å². The van der Waals surface area contributed by atoms with E-state index in [4.69, 9.17) is 5.84 Å². The summed E-state index contributed by atoms with van der Waals surface area (Å²) in [5, 5.41) is 19.7. The molecule has 0 aliphatic heterocycles. The Labute approximate surface area is 119 Å². The molecular weight excluding hydrogens is 288 g/mol. The third kappa shape index (κ3) is 4.92. The molecule has 8 heteroatoms. The van der Waals surface area contributed by atoms with Gasteiger partial charge in [-0.3, -0.25) is 15.0 Å². The summed E-state index contributed by atoms with van der Waals surface area (Å²) in [7, 11) is 0. The van der Waals surface area contributed by atoms with Crippen molar-refractivity contribution >= 4 is 34.1 Å². The maximum Gasteiger partial charge on any atom is 0.275 e. The quantitative estimate of drug-likeness (QED) is 0.344. The fourth-order valence-electron chi connectivity index (χ4n) is 1.38. The molecule has 5 N–H and O–H groups in total. The molecule has 0 spiro atoms. The SMILES string of the molecule is CC(=O)SCCC(O)C(O)c1ccc(C(=O)NN)s1. The van der Waals surface area contributed by atoms with Gasteiger partial charge in [0.25, 0.3) is 5.91 Å². The van der Waals surface area contributed by atoms with Gasteiger partial charge in [0, 0.05) is 17.6 Å². The minimum atomic E-state index is -1.07. The van der Waals surface area contributed by atoms with Gasteiger partial charge in [-0.25, -0.2) is 5.84 Å². The zero-order valence-electron chi connectivity index (χ0n) is 10.3. The van der Waals surface area contributed by atoms with Gasteiger partial charge in [0.2, 0.25) is 0 Å². The molecule has 0 aromatic carbocycles. The van der Waals surface area contributed by atoms with Crippen molar-refractivity contribution in [3.05, 3.63) is 21.9 Å². The number of nitrogen functional groups attached to an aromatic ring is 1. The van der Waals surface area contributed by atoms with E-state index in [1.54, 1.807) is 6.07 Å². The smallest absolute Gasteiger partial charge is 0.275 e. The van der Waals surface area contributed by atoms with E-state index in [0.717, 1.165) is 23.1 Å². The minimum Gasteiger partial charge on any atom is -0.390 e. The van der Waals surface area contributed by atoms with Gasteiger partial charge in [-0.1, -0.05) is 11.8 Å². The molecule has 0 aliphatic rings. The summed E-state index contributed by atoms with van der Waals surface area (Å²) >= 11 is 2.16. The zero-order chi connectivity index (χ0) is 14.4. The molecule has 1 aromatic heterocycles. The summed E-state index contributed by atoms with van der Waals surface area (Å²) in [5.74, 6) is 5.00. The van der Waals surface area contributed by atoms with E-state index in [1.807, 2.05) is 5.43 Å². The lowest BCUT2D eigenvalue weighted by Gasteiger charge is -2.15. The number of rotatable bonds is 6. The standard InChI is InChI=1S/C11H16N2O4S2/c1-6(14)18-5-4-7(15)10(16)8-2-3-9(19-8)11(17)13-12/h2-3,7,10,15-16H,4-5,12H2,1H3,(H,13,17).